The molecular formula is C22H27NO3. The second-order valence-electron chi connectivity index (χ2n) is 7.91. The molecule has 1 N–H and O–H groups in total. The molecule has 0 aromatic heterocycles. The molecule has 0 aliphatic heterocycles. The largest absolute Gasteiger partial charge is 0.489 e. The first-order chi connectivity index (χ1) is 12.3. The number of amides is 1. The lowest BCUT2D eigenvalue weighted by molar-refractivity contribution is 0.0522. The van der Waals surface area contributed by atoms with Crippen molar-refractivity contribution in [3.63, 3.8) is 0 Å². The van der Waals surface area contributed by atoms with Crippen LogP contribution in [0.1, 0.15) is 49.8 Å². The van der Waals surface area contributed by atoms with Gasteiger partial charge in [0.2, 0.25) is 0 Å². The molecule has 3 rings (SSSR count). The van der Waals surface area contributed by atoms with Crippen LogP contribution in [0.3, 0.4) is 0 Å². The average Bonchev–Trinajstić information content (AvgIpc) is 3.31. The summed E-state index contributed by atoms with van der Waals surface area (Å²) in [4.78, 5) is 12.0. The van der Waals surface area contributed by atoms with Gasteiger partial charge < -0.3 is 14.8 Å². The zero-order chi connectivity index (χ0) is 18.7. The average molecular weight is 353 g/mol. The van der Waals surface area contributed by atoms with Gasteiger partial charge in [-0.3, -0.25) is 0 Å². The van der Waals surface area contributed by atoms with Crippen LogP contribution in [0, 0.1) is 6.92 Å². The van der Waals surface area contributed by atoms with Crippen molar-refractivity contribution >= 4 is 6.09 Å². The molecule has 2 aromatic carbocycles. The van der Waals surface area contributed by atoms with Gasteiger partial charge >= 0.3 is 6.09 Å². The summed E-state index contributed by atoms with van der Waals surface area (Å²) in [6.07, 6.45) is 0.550. The van der Waals surface area contributed by atoms with E-state index in [9.17, 15) is 4.79 Å². The number of aryl methyl sites for hydroxylation is 1. The van der Waals surface area contributed by atoms with Gasteiger partial charge in [0.05, 0.1) is 0 Å². The van der Waals surface area contributed by atoms with E-state index >= 15 is 0 Å². The Morgan fingerprint density at radius 3 is 2.58 bits per heavy atom. The molecule has 2 atom stereocenters. The predicted molar refractivity (Wildman–Crippen MR) is 102 cm³/mol. The summed E-state index contributed by atoms with van der Waals surface area (Å²) in [5.41, 5.74) is 3.00. The molecule has 1 fully saturated rings. The van der Waals surface area contributed by atoms with E-state index in [4.69, 9.17) is 9.47 Å². The maximum atomic E-state index is 12.0. The second-order valence-corrected chi connectivity index (χ2v) is 7.91. The maximum absolute atomic E-state index is 12.0. The van der Waals surface area contributed by atoms with Crippen molar-refractivity contribution in [2.75, 3.05) is 0 Å². The fourth-order valence-corrected chi connectivity index (χ4v) is 2.98. The van der Waals surface area contributed by atoms with Crippen LogP contribution in [0.25, 0.3) is 0 Å². The molecule has 0 bridgehead atoms. The van der Waals surface area contributed by atoms with Crippen molar-refractivity contribution in [1.29, 1.82) is 0 Å². The molecule has 0 spiro atoms. The Bertz CT molecular complexity index is 765. The Morgan fingerprint density at radius 1 is 1.15 bits per heavy atom. The molecule has 1 saturated carbocycles. The van der Waals surface area contributed by atoms with Crippen molar-refractivity contribution < 1.29 is 14.3 Å². The van der Waals surface area contributed by atoms with Crippen LogP contribution >= 0.6 is 0 Å². The molecular weight excluding hydrogens is 326 g/mol. The number of carbonyl (C=O) groups excluding carboxylic acids is 1. The summed E-state index contributed by atoms with van der Waals surface area (Å²) in [6.45, 7) is 8.21. The minimum Gasteiger partial charge on any atom is -0.489 e. The first-order valence-corrected chi connectivity index (χ1v) is 9.08. The van der Waals surface area contributed by atoms with E-state index in [0.717, 1.165) is 23.3 Å². The van der Waals surface area contributed by atoms with Crippen molar-refractivity contribution in [2.45, 2.75) is 58.3 Å². The molecule has 2 unspecified atom stereocenters. The highest BCUT2D eigenvalue weighted by Crippen LogP contribution is 2.45. The van der Waals surface area contributed by atoms with Gasteiger partial charge in [0.1, 0.15) is 18.0 Å². The van der Waals surface area contributed by atoms with Crippen LogP contribution < -0.4 is 10.1 Å². The lowest BCUT2D eigenvalue weighted by Crippen LogP contribution is -2.34. The van der Waals surface area contributed by atoms with Gasteiger partial charge in [-0.15, -0.1) is 0 Å². The zero-order valence-electron chi connectivity index (χ0n) is 15.9. The van der Waals surface area contributed by atoms with Gasteiger partial charge in [-0.25, -0.2) is 4.79 Å². The zero-order valence-corrected chi connectivity index (χ0v) is 15.9. The van der Waals surface area contributed by atoms with Gasteiger partial charge in [-0.2, -0.15) is 0 Å². The summed E-state index contributed by atoms with van der Waals surface area (Å²) >= 11 is 0. The van der Waals surface area contributed by atoms with Gasteiger partial charge in [-0.1, -0.05) is 48.0 Å². The summed E-state index contributed by atoms with van der Waals surface area (Å²) in [6, 6.07) is 16.5. The topological polar surface area (TPSA) is 47.6 Å². The Morgan fingerprint density at radius 2 is 1.88 bits per heavy atom. The molecule has 4 nitrogen and oxygen atoms in total. The van der Waals surface area contributed by atoms with Gasteiger partial charge in [-0.05, 0) is 51.3 Å². The number of ether oxygens (including phenoxy) is 2. The monoisotopic (exact) mass is 353 g/mol. The molecule has 2 aromatic rings. The van der Waals surface area contributed by atoms with Crippen molar-refractivity contribution in [3.05, 3.63) is 65.2 Å². The Balaban J connectivity index is 1.65. The maximum Gasteiger partial charge on any atom is 0.407 e. The second kappa shape index (κ2) is 7.40. The molecule has 138 valence electrons. The SMILES string of the molecule is Cc1ccc(OCc2ccccc2)c(C2CC2NC(=O)OC(C)(C)C)c1. The van der Waals surface area contributed by atoms with E-state index in [1.165, 1.54) is 5.56 Å². The summed E-state index contributed by atoms with van der Waals surface area (Å²) in [5, 5.41) is 2.96. The number of alkyl carbamates (subject to hydrolysis) is 1. The smallest absolute Gasteiger partial charge is 0.407 e. The van der Waals surface area contributed by atoms with E-state index in [1.54, 1.807) is 0 Å². The fraction of sp³-hybridized carbons (Fsp3) is 0.409. The first-order valence-electron chi connectivity index (χ1n) is 9.08. The molecule has 4 heteroatoms. The number of hydrogen-bond donors (Lipinski definition) is 1. The molecule has 1 aliphatic rings. The van der Waals surface area contributed by atoms with Crippen LogP contribution in [-0.4, -0.2) is 17.7 Å². The van der Waals surface area contributed by atoms with Crippen LogP contribution in [0.4, 0.5) is 4.79 Å². The normalized spacial score (nSPS) is 18.9. The molecule has 1 amide bonds. The lowest BCUT2D eigenvalue weighted by atomic mass is 10.1. The Hall–Kier alpha value is -2.49. The summed E-state index contributed by atoms with van der Waals surface area (Å²) in [5.74, 6) is 1.16. The van der Waals surface area contributed by atoms with Crippen LogP contribution in [0.15, 0.2) is 48.5 Å². The molecule has 26 heavy (non-hydrogen) atoms. The van der Waals surface area contributed by atoms with E-state index in [-0.39, 0.29) is 18.1 Å². The van der Waals surface area contributed by atoms with Gasteiger partial charge in [0, 0.05) is 12.0 Å². The van der Waals surface area contributed by atoms with Crippen molar-refractivity contribution in [2.24, 2.45) is 0 Å². The third-order valence-electron chi connectivity index (χ3n) is 4.29. The standard InChI is InChI=1S/C22H27NO3/c1-15-10-11-20(25-14-16-8-6-5-7-9-16)18(12-15)17-13-19(17)23-21(24)26-22(2,3)4/h5-12,17,19H,13-14H2,1-4H3,(H,23,24). The van der Waals surface area contributed by atoms with E-state index in [0.29, 0.717) is 6.61 Å². The Kier molecular flexibility index (Phi) is 5.21. The third kappa shape index (κ3) is 5.01. The van der Waals surface area contributed by atoms with Crippen LogP contribution in [0.2, 0.25) is 0 Å². The Labute approximate surface area is 155 Å². The summed E-state index contributed by atoms with van der Waals surface area (Å²) < 4.78 is 11.4. The van der Waals surface area contributed by atoms with Crippen molar-refractivity contribution in [1.82, 2.24) is 5.32 Å². The highest BCUT2D eigenvalue weighted by atomic mass is 16.6. The lowest BCUT2D eigenvalue weighted by Gasteiger charge is -2.20. The molecule has 0 radical (unpaired) electrons. The van der Waals surface area contributed by atoms with E-state index < -0.39 is 5.60 Å². The minimum absolute atomic E-state index is 0.103. The molecule has 1 aliphatic carbocycles. The molecule has 0 heterocycles. The first kappa shape index (κ1) is 18.3. The quantitative estimate of drug-likeness (QED) is 0.827. The summed E-state index contributed by atoms with van der Waals surface area (Å²) in [7, 11) is 0. The fourth-order valence-electron chi connectivity index (χ4n) is 2.98. The van der Waals surface area contributed by atoms with Crippen LogP contribution in [-0.2, 0) is 11.3 Å². The van der Waals surface area contributed by atoms with E-state index in [2.05, 4.69) is 36.5 Å². The number of hydrogen-bond acceptors (Lipinski definition) is 3. The van der Waals surface area contributed by atoms with Gasteiger partial charge in [0.25, 0.3) is 0 Å². The highest BCUT2D eigenvalue weighted by molar-refractivity contribution is 5.69. The highest BCUT2D eigenvalue weighted by Gasteiger charge is 2.42. The van der Waals surface area contributed by atoms with Crippen molar-refractivity contribution in [3.8, 4) is 5.75 Å². The minimum atomic E-state index is -0.484. The van der Waals surface area contributed by atoms with Gasteiger partial charge in [0.15, 0.2) is 0 Å². The predicted octanol–water partition coefficient (Wildman–Crippen LogP) is 4.95. The third-order valence-corrected chi connectivity index (χ3v) is 4.29. The molecule has 0 saturated heterocycles. The van der Waals surface area contributed by atoms with E-state index in [1.807, 2.05) is 45.0 Å². The number of benzene rings is 2. The number of rotatable bonds is 5. The number of nitrogens with one attached hydrogen (secondary N) is 1. The number of carbonyl (C=O) groups is 1. The van der Waals surface area contributed by atoms with Crippen LogP contribution in [0.5, 0.6) is 5.75 Å².